The van der Waals surface area contributed by atoms with Gasteiger partial charge < -0.3 is 15.2 Å². The lowest BCUT2D eigenvalue weighted by Crippen LogP contribution is -2.41. The van der Waals surface area contributed by atoms with Crippen molar-refractivity contribution in [2.75, 3.05) is 5.32 Å². The molecule has 2 aromatic rings. The van der Waals surface area contributed by atoms with Crippen LogP contribution in [0.3, 0.4) is 0 Å². The number of aromatic nitrogens is 1. The summed E-state index contributed by atoms with van der Waals surface area (Å²) in [6.07, 6.45) is 4.29. The molecule has 1 amide bonds. The van der Waals surface area contributed by atoms with Gasteiger partial charge in [-0.15, -0.1) is 0 Å². The molecule has 0 radical (unpaired) electrons. The Balaban J connectivity index is 1.80. The summed E-state index contributed by atoms with van der Waals surface area (Å²) >= 11 is 7.23. The molecule has 1 aliphatic rings. The lowest BCUT2D eigenvalue weighted by molar-refractivity contribution is -0.313. The molecule has 0 bridgehead atoms. The predicted molar refractivity (Wildman–Crippen MR) is 83.6 cm³/mol. The molecule has 1 aromatic carbocycles. The molecule has 2 unspecified atom stereocenters. The highest BCUT2D eigenvalue weighted by Crippen LogP contribution is 2.30. The van der Waals surface area contributed by atoms with Gasteiger partial charge in [0.15, 0.2) is 5.13 Å². The van der Waals surface area contributed by atoms with Crippen LogP contribution in [-0.4, -0.2) is 16.9 Å². The van der Waals surface area contributed by atoms with Gasteiger partial charge in [-0.25, -0.2) is 4.98 Å². The van der Waals surface area contributed by atoms with Gasteiger partial charge >= 0.3 is 0 Å². The van der Waals surface area contributed by atoms with Crippen LogP contribution >= 0.6 is 22.9 Å². The number of nitrogens with one attached hydrogen (secondary N) is 1. The van der Waals surface area contributed by atoms with Crippen LogP contribution in [0.25, 0.3) is 10.2 Å². The average molecular weight is 336 g/mol. The maximum Gasteiger partial charge on any atom is 0.230 e. The van der Waals surface area contributed by atoms with Crippen molar-refractivity contribution < 1.29 is 14.7 Å². The number of carbonyl (C=O) groups is 2. The SMILES string of the molecule is O=C([O-])C1CC=CCC1C(=O)Nc1nc2ccc(Cl)cc2s1. The van der Waals surface area contributed by atoms with E-state index in [-0.39, 0.29) is 5.91 Å². The smallest absolute Gasteiger partial charge is 0.230 e. The minimum Gasteiger partial charge on any atom is -0.550 e. The molecule has 1 aliphatic carbocycles. The van der Waals surface area contributed by atoms with Gasteiger partial charge in [-0.3, -0.25) is 4.79 Å². The van der Waals surface area contributed by atoms with Gasteiger partial charge in [0, 0.05) is 16.9 Å². The number of fused-ring (bicyclic) bond motifs is 1. The fraction of sp³-hybridized carbons (Fsp3) is 0.267. The molecule has 7 heteroatoms. The summed E-state index contributed by atoms with van der Waals surface area (Å²) in [6, 6.07) is 5.28. The molecular formula is C15H12ClN2O3S-. The zero-order valence-corrected chi connectivity index (χ0v) is 13.0. The van der Waals surface area contributed by atoms with Gasteiger partial charge in [0.05, 0.1) is 16.1 Å². The highest BCUT2D eigenvalue weighted by molar-refractivity contribution is 7.22. The Morgan fingerprint density at radius 1 is 1.27 bits per heavy atom. The summed E-state index contributed by atoms with van der Waals surface area (Å²) in [5.41, 5.74) is 0.740. The maximum atomic E-state index is 12.3. The molecule has 2 atom stereocenters. The molecule has 5 nitrogen and oxygen atoms in total. The Labute approximate surface area is 135 Å². The monoisotopic (exact) mass is 335 g/mol. The van der Waals surface area contributed by atoms with E-state index in [1.807, 2.05) is 6.08 Å². The topological polar surface area (TPSA) is 82.1 Å². The molecule has 1 aromatic heterocycles. The van der Waals surface area contributed by atoms with Crippen molar-refractivity contribution in [1.29, 1.82) is 0 Å². The summed E-state index contributed by atoms with van der Waals surface area (Å²) in [6.45, 7) is 0. The van der Waals surface area contributed by atoms with Crippen molar-refractivity contribution in [3.05, 3.63) is 35.4 Å². The van der Waals surface area contributed by atoms with E-state index in [1.54, 1.807) is 24.3 Å². The number of anilines is 1. The van der Waals surface area contributed by atoms with E-state index in [0.717, 1.165) is 10.2 Å². The summed E-state index contributed by atoms with van der Waals surface area (Å²) < 4.78 is 0.864. The fourth-order valence-corrected chi connectivity index (χ4v) is 3.66. The number of amides is 1. The molecule has 1 N–H and O–H groups in total. The van der Waals surface area contributed by atoms with Crippen LogP contribution in [0.5, 0.6) is 0 Å². The van der Waals surface area contributed by atoms with E-state index in [2.05, 4.69) is 10.3 Å². The van der Waals surface area contributed by atoms with Gasteiger partial charge in [-0.05, 0) is 31.0 Å². The predicted octanol–water partition coefficient (Wildman–Crippen LogP) is 2.22. The summed E-state index contributed by atoms with van der Waals surface area (Å²) in [5.74, 6) is -2.97. The number of carbonyl (C=O) groups excluding carboxylic acids is 2. The summed E-state index contributed by atoms with van der Waals surface area (Å²) in [4.78, 5) is 27.8. The quantitative estimate of drug-likeness (QED) is 0.872. The first kappa shape index (κ1) is 15.0. The first-order valence-electron chi connectivity index (χ1n) is 6.77. The van der Waals surface area contributed by atoms with E-state index in [9.17, 15) is 14.7 Å². The lowest BCUT2D eigenvalue weighted by Gasteiger charge is -2.27. The highest BCUT2D eigenvalue weighted by atomic mass is 35.5. The molecule has 0 saturated heterocycles. The lowest BCUT2D eigenvalue weighted by atomic mass is 9.82. The van der Waals surface area contributed by atoms with Crippen molar-refractivity contribution in [3.8, 4) is 0 Å². The van der Waals surface area contributed by atoms with E-state index < -0.39 is 17.8 Å². The molecule has 0 spiro atoms. The number of hydrogen-bond donors (Lipinski definition) is 1. The number of carboxylic acids is 1. The van der Waals surface area contributed by atoms with E-state index >= 15 is 0 Å². The highest BCUT2D eigenvalue weighted by Gasteiger charge is 2.30. The standard InChI is InChI=1S/C15H13ClN2O3S/c16-8-5-6-11-12(7-8)22-15(17-11)18-13(19)9-3-1-2-4-10(9)14(20)21/h1-2,5-7,9-10H,3-4H2,(H,20,21)(H,17,18,19)/p-1. The Kier molecular flexibility index (Phi) is 4.13. The van der Waals surface area contributed by atoms with Gasteiger partial charge in [-0.1, -0.05) is 35.1 Å². The van der Waals surface area contributed by atoms with Crippen LogP contribution in [0.15, 0.2) is 30.4 Å². The van der Waals surface area contributed by atoms with Crippen molar-refractivity contribution >= 4 is 50.2 Å². The molecule has 1 heterocycles. The molecular weight excluding hydrogens is 324 g/mol. The second-order valence-electron chi connectivity index (χ2n) is 5.10. The fourth-order valence-electron chi connectivity index (χ4n) is 2.51. The number of aliphatic carboxylic acids is 1. The maximum absolute atomic E-state index is 12.3. The normalized spacial score (nSPS) is 21.0. The minimum absolute atomic E-state index is 0.315. The molecule has 0 fully saturated rings. The van der Waals surface area contributed by atoms with Crippen LogP contribution in [0.2, 0.25) is 5.02 Å². The van der Waals surface area contributed by atoms with Gasteiger partial charge in [0.2, 0.25) is 5.91 Å². The van der Waals surface area contributed by atoms with Crippen molar-refractivity contribution in [2.24, 2.45) is 11.8 Å². The van der Waals surface area contributed by atoms with Crippen molar-refractivity contribution in [1.82, 2.24) is 4.98 Å². The van der Waals surface area contributed by atoms with E-state index in [0.29, 0.717) is 23.0 Å². The number of rotatable bonds is 3. The zero-order chi connectivity index (χ0) is 15.7. The van der Waals surface area contributed by atoms with Gasteiger partial charge in [0.25, 0.3) is 0 Å². The first-order valence-corrected chi connectivity index (χ1v) is 7.97. The Hall–Kier alpha value is -1.92. The summed E-state index contributed by atoms with van der Waals surface area (Å²) in [7, 11) is 0. The Morgan fingerprint density at radius 2 is 2.00 bits per heavy atom. The largest absolute Gasteiger partial charge is 0.550 e. The zero-order valence-electron chi connectivity index (χ0n) is 11.4. The number of allylic oxidation sites excluding steroid dienone is 2. The van der Waals surface area contributed by atoms with Crippen LogP contribution < -0.4 is 10.4 Å². The number of halogens is 1. The molecule has 0 aliphatic heterocycles. The average Bonchev–Trinajstić information content (AvgIpc) is 2.88. The Morgan fingerprint density at radius 3 is 2.73 bits per heavy atom. The van der Waals surface area contributed by atoms with E-state index in [1.165, 1.54) is 11.3 Å². The van der Waals surface area contributed by atoms with Crippen molar-refractivity contribution in [2.45, 2.75) is 12.8 Å². The molecule has 3 rings (SSSR count). The van der Waals surface area contributed by atoms with Gasteiger partial charge in [0.1, 0.15) is 0 Å². The third-order valence-electron chi connectivity index (χ3n) is 3.65. The third kappa shape index (κ3) is 2.98. The Bertz CT molecular complexity index is 771. The van der Waals surface area contributed by atoms with Crippen LogP contribution in [0.4, 0.5) is 5.13 Å². The van der Waals surface area contributed by atoms with Crippen LogP contribution in [0.1, 0.15) is 12.8 Å². The van der Waals surface area contributed by atoms with Crippen LogP contribution in [0, 0.1) is 11.8 Å². The first-order chi connectivity index (χ1) is 10.5. The van der Waals surface area contributed by atoms with Crippen LogP contribution in [-0.2, 0) is 9.59 Å². The minimum atomic E-state index is -1.19. The number of hydrogen-bond acceptors (Lipinski definition) is 5. The van der Waals surface area contributed by atoms with E-state index in [4.69, 9.17) is 11.6 Å². The van der Waals surface area contributed by atoms with Crippen molar-refractivity contribution in [3.63, 3.8) is 0 Å². The molecule has 0 saturated carbocycles. The number of benzene rings is 1. The number of carboxylic acid groups (broad SMARTS) is 1. The summed E-state index contributed by atoms with van der Waals surface area (Å²) in [5, 5.41) is 14.9. The molecule has 22 heavy (non-hydrogen) atoms. The second kappa shape index (κ2) is 6.06. The third-order valence-corrected chi connectivity index (χ3v) is 4.82. The number of nitrogens with zero attached hydrogens (tertiary/aromatic N) is 1. The second-order valence-corrected chi connectivity index (χ2v) is 6.56. The molecule has 114 valence electrons. The number of thiazole rings is 1. The van der Waals surface area contributed by atoms with Gasteiger partial charge in [-0.2, -0.15) is 0 Å².